The molecule has 2 N–H and O–H groups in total. The van der Waals surface area contributed by atoms with Crippen LogP contribution in [0.2, 0.25) is 0 Å². The van der Waals surface area contributed by atoms with Crippen molar-refractivity contribution in [3.05, 3.63) is 0 Å². The molecule has 0 saturated heterocycles. The van der Waals surface area contributed by atoms with E-state index in [0.29, 0.717) is 6.04 Å². The first kappa shape index (κ1) is 13.4. The van der Waals surface area contributed by atoms with Crippen molar-refractivity contribution in [2.45, 2.75) is 65.0 Å². The summed E-state index contributed by atoms with van der Waals surface area (Å²) < 4.78 is 0. The van der Waals surface area contributed by atoms with Crippen LogP contribution in [-0.4, -0.2) is 30.1 Å². The highest BCUT2D eigenvalue weighted by Gasteiger charge is 2.36. The fourth-order valence-electron chi connectivity index (χ4n) is 3.42. The zero-order valence-electron chi connectivity index (χ0n) is 11.9. The minimum Gasteiger partial charge on any atom is -0.330 e. The maximum Gasteiger partial charge on any atom is 0.0141 e. The van der Waals surface area contributed by atoms with Gasteiger partial charge in [0.2, 0.25) is 0 Å². The Hall–Kier alpha value is -0.0800. The molecule has 100 valence electrons. The van der Waals surface area contributed by atoms with Crippen LogP contribution in [0.3, 0.4) is 0 Å². The summed E-state index contributed by atoms with van der Waals surface area (Å²) in [6.45, 7) is 9.33. The highest BCUT2D eigenvalue weighted by Crippen LogP contribution is 2.36. The second kappa shape index (κ2) is 5.71. The van der Waals surface area contributed by atoms with Gasteiger partial charge in [-0.1, -0.05) is 13.3 Å². The molecule has 0 bridgehead atoms. The highest BCUT2D eigenvalue weighted by molar-refractivity contribution is 4.90. The molecule has 2 saturated carbocycles. The minimum absolute atomic E-state index is 0.681. The third-order valence-corrected chi connectivity index (χ3v) is 4.78. The molecule has 2 heteroatoms. The zero-order chi connectivity index (χ0) is 12.4. The van der Waals surface area contributed by atoms with E-state index in [9.17, 15) is 0 Å². The van der Waals surface area contributed by atoms with Crippen molar-refractivity contribution in [3.8, 4) is 0 Å². The number of nitrogens with zero attached hydrogens (tertiary/aromatic N) is 1. The Labute approximate surface area is 107 Å². The second-order valence-corrected chi connectivity index (χ2v) is 6.72. The first-order valence-electron chi connectivity index (χ1n) is 7.57. The van der Waals surface area contributed by atoms with E-state index in [0.717, 1.165) is 30.3 Å². The standard InChI is InChI=1S/C15H30N2/c1-11(2)17(10-13-5-6-13)15-8-12(3)4-7-14(15)9-16/h11-15H,4-10,16H2,1-3H3. The minimum atomic E-state index is 0.681. The molecule has 3 unspecified atom stereocenters. The molecule has 17 heavy (non-hydrogen) atoms. The molecule has 0 aromatic rings. The van der Waals surface area contributed by atoms with Crippen LogP contribution < -0.4 is 5.73 Å². The van der Waals surface area contributed by atoms with Crippen LogP contribution in [0, 0.1) is 17.8 Å². The summed E-state index contributed by atoms with van der Waals surface area (Å²) in [5, 5.41) is 0. The molecule has 2 fully saturated rings. The van der Waals surface area contributed by atoms with Crippen LogP contribution >= 0.6 is 0 Å². The lowest BCUT2D eigenvalue weighted by Crippen LogP contribution is -2.50. The molecule has 2 aliphatic carbocycles. The van der Waals surface area contributed by atoms with Crippen LogP contribution in [0.1, 0.15) is 52.9 Å². The van der Waals surface area contributed by atoms with Crippen molar-refractivity contribution in [1.29, 1.82) is 0 Å². The summed E-state index contributed by atoms with van der Waals surface area (Å²) in [6, 6.07) is 1.43. The van der Waals surface area contributed by atoms with Gasteiger partial charge in [-0.3, -0.25) is 4.90 Å². The SMILES string of the molecule is CC1CCC(CN)C(N(CC2CC2)C(C)C)C1. The van der Waals surface area contributed by atoms with E-state index >= 15 is 0 Å². The molecule has 2 nitrogen and oxygen atoms in total. The van der Waals surface area contributed by atoms with E-state index < -0.39 is 0 Å². The number of nitrogens with two attached hydrogens (primary N) is 1. The fourth-order valence-corrected chi connectivity index (χ4v) is 3.42. The van der Waals surface area contributed by atoms with Crippen molar-refractivity contribution in [3.63, 3.8) is 0 Å². The van der Waals surface area contributed by atoms with Crippen molar-refractivity contribution < 1.29 is 0 Å². The Kier molecular flexibility index (Phi) is 4.48. The second-order valence-electron chi connectivity index (χ2n) is 6.72. The Morgan fingerprint density at radius 1 is 1.18 bits per heavy atom. The first-order valence-corrected chi connectivity index (χ1v) is 7.57. The van der Waals surface area contributed by atoms with Crippen LogP contribution in [-0.2, 0) is 0 Å². The molecule has 0 aromatic heterocycles. The topological polar surface area (TPSA) is 29.3 Å². The molecule has 0 aromatic carbocycles. The Morgan fingerprint density at radius 3 is 2.41 bits per heavy atom. The fraction of sp³-hybridized carbons (Fsp3) is 1.00. The predicted molar refractivity (Wildman–Crippen MR) is 73.9 cm³/mol. The summed E-state index contributed by atoms with van der Waals surface area (Å²) in [6.07, 6.45) is 7.01. The maximum absolute atomic E-state index is 6.00. The average Bonchev–Trinajstić information content (AvgIpc) is 3.09. The summed E-state index contributed by atoms with van der Waals surface area (Å²) in [5.74, 6) is 2.63. The summed E-state index contributed by atoms with van der Waals surface area (Å²) >= 11 is 0. The normalized spacial score (nSPS) is 34.6. The molecule has 0 radical (unpaired) electrons. The van der Waals surface area contributed by atoms with Gasteiger partial charge >= 0.3 is 0 Å². The molecule has 0 aliphatic heterocycles. The van der Waals surface area contributed by atoms with Crippen LogP contribution in [0.4, 0.5) is 0 Å². The maximum atomic E-state index is 6.00. The summed E-state index contributed by atoms with van der Waals surface area (Å²) in [5.41, 5.74) is 6.00. The first-order chi connectivity index (χ1) is 8.11. The lowest BCUT2D eigenvalue weighted by Gasteiger charge is -2.44. The van der Waals surface area contributed by atoms with E-state index in [-0.39, 0.29) is 0 Å². The molecule has 2 aliphatic rings. The Balaban J connectivity index is 2.01. The van der Waals surface area contributed by atoms with Gasteiger partial charge in [0.1, 0.15) is 0 Å². The van der Waals surface area contributed by atoms with Crippen molar-refractivity contribution in [2.24, 2.45) is 23.5 Å². The Bertz CT molecular complexity index is 235. The van der Waals surface area contributed by atoms with Crippen LogP contribution in [0.25, 0.3) is 0 Å². The number of rotatable bonds is 5. The average molecular weight is 238 g/mol. The smallest absolute Gasteiger partial charge is 0.0141 e. The van der Waals surface area contributed by atoms with Gasteiger partial charge in [0, 0.05) is 18.6 Å². The van der Waals surface area contributed by atoms with Gasteiger partial charge in [0.15, 0.2) is 0 Å². The molecule has 0 spiro atoms. The van der Waals surface area contributed by atoms with Gasteiger partial charge in [-0.15, -0.1) is 0 Å². The monoisotopic (exact) mass is 238 g/mol. The van der Waals surface area contributed by atoms with Gasteiger partial charge in [-0.05, 0) is 63.8 Å². The van der Waals surface area contributed by atoms with Crippen LogP contribution in [0.15, 0.2) is 0 Å². The van der Waals surface area contributed by atoms with Gasteiger partial charge < -0.3 is 5.73 Å². The highest BCUT2D eigenvalue weighted by atomic mass is 15.2. The van der Waals surface area contributed by atoms with Gasteiger partial charge in [-0.25, -0.2) is 0 Å². The quantitative estimate of drug-likeness (QED) is 0.798. The molecule has 0 amide bonds. The van der Waals surface area contributed by atoms with E-state index in [1.54, 1.807) is 0 Å². The largest absolute Gasteiger partial charge is 0.330 e. The van der Waals surface area contributed by atoms with E-state index in [4.69, 9.17) is 5.73 Å². The molecule has 2 rings (SSSR count). The zero-order valence-corrected chi connectivity index (χ0v) is 11.9. The van der Waals surface area contributed by atoms with Gasteiger partial charge in [-0.2, -0.15) is 0 Å². The van der Waals surface area contributed by atoms with Crippen molar-refractivity contribution >= 4 is 0 Å². The van der Waals surface area contributed by atoms with E-state index in [1.807, 2.05) is 0 Å². The lowest BCUT2D eigenvalue weighted by molar-refractivity contribution is 0.0570. The van der Waals surface area contributed by atoms with Crippen LogP contribution in [0.5, 0.6) is 0 Å². The lowest BCUT2D eigenvalue weighted by atomic mass is 9.78. The van der Waals surface area contributed by atoms with Crippen molar-refractivity contribution in [2.75, 3.05) is 13.1 Å². The Morgan fingerprint density at radius 2 is 1.88 bits per heavy atom. The van der Waals surface area contributed by atoms with E-state index in [2.05, 4.69) is 25.7 Å². The molecular weight excluding hydrogens is 208 g/mol. The third kappa shape index (κ3) is 3.45. The van der Waals surface area contributed by atoms with E-state index in [1.165, 1.54) is 38.6 Å². The number of hydrogen-bond donors (Lipinski definition) is 1. The molecule has 0 heterocycles. The third-order valence-electron chi connectivity index (χ3n) is 4.78. The number of hydrogen-bond acceptors (Lipinski definition) is 2. The summed E-state index contributed by atoms with van der Waals surface area (Å²) in [7, 11) is 0. The molecular formula is C15H30N2. The summed E-state index contributed by atoms with van der Waals surface area (Å²) in [4.78, 5) is 2.77. The molecule has 3 atom stereocenters. The van der Waals surface area contributed by atoms with Gasteiger partial charge in [0.05, 0.1) is 0 Å². The predicted octanol–water partition coefficient (Wildman–Crippen LogP) is 2.87. The van der Waals surface area contributed by atoms with Gasteiger partial charge in [0.25, 0.3) is 0 Å². The van der Waals surface area contributed by atoms with Crippen molar-refractivity contribution in [1.82, 2.24) is 4.90 Å².